The first-order valence-corrected chi connectivity index (χ1v) is 16.6. The fraction of sp³-hybridized carbons (Fsp3) is 0.760. The zero-order valence-electron chi connectivity index (χ0n) is 24.7. The molecular weight excluding hydrogens is 595 g/mol. The van der Waals surface area contributed by atoms with E-state index < -0.39 is 56.6 Å². The number of hydrogen-bond donors (Lipinski definition) is 4. The molecular formula is C25H43N4O9PS2. The van der Waals surface area contributed by atoms with Crippen molar-refractivity contribution < 1.29 is 43.4 Å². The van der Waals surface area contributed by atoms with Crippen molar-refractivity contribution in [1.29, 1.82) is 0 Å². The van der Waals surface area contributed by atoms with Crippen molar-refractivity contribution in [3.63, 3.8) is 0 Å². The van der Waals surface area contributed by atoms with Crippen molar-refractivity contribution in [2.24, 2.45) is 5.41 Å². The van der Waals surface area contributed by atoms with Gasteiger partial charge in [-0.25, -0.2) is 10.2 Å². The topological polar surface area (TPSA) is 180 Å². The minimum Gasteiger partial charge on any atom is -0.443 e. The van der Waals surface area contributed by atoms with Gasteiger partial charge < -0.3 is 15.2 Å². The molecule has 1 saturated heterocycles. The monoisotopic (exact) mass is 638 g/mol. The van der Waals surface area contributed by atoms with Crippen LogP contribution >= 0.6 is 19.8 Å². The summed E-state index contributed by atoms with van der Waals surface area (Å²) < 4.78 is 3.96. The number of hydrogen-bond acceptors (Lipinski definition) is 10. The minimum absolute atomic E-state index is 0.0279. The summed E-state index contributed by atoms with van der Waals surface area (Å²) in [5, 5.41) is 12.5. The molecule has 4 atom stereocenters. The number of aliphatic hydroxyl groups excluding tert-OH is 1. The van der Waals surface area contributed by atoms with Gasteiger partial charge in [-0.2, -0.15) is 9.89 Å². The molecule has 0 radical (unpaired) electrons. The Morgan fingerprint density at radius 3 is 2.22 bits per heavy atom. The van der Waals surface area contributed by atoms with E-state index in [4.69, 9.17) is 9.57 Å². The Labute approximate surface area is 249 Å². The molecule has 0 spiro atoms. The SMILES string of the molecule is CCC(C)(CC(C)(SCCC(=O)CON1C(=O)CCC1=O)C(=O)S(=P)NNC(=O)OC(C)(C)C)C(=O)NCC(C)O. The lowest BCUT2D eigenvalue weighted by atomic mass is 9.78. The van der Waals surface area contributed by atoms with Crippen molar-refractivity contribution in [2.75, 3.05) is 18.9 Å². The van der Waals surface area contributed by atoms with Crippen LogP contribution in [-0.4, -0.2) is 80.2 Å². The van der Waals surface area contributed by atoms with Crippen LogP contribution < -0.4 is 15.6 Å². The van der Waals surface area contributed by atoms with Crippen LogP contribution in [0.1, 0.15) is 80.6 Å². The maximum Gasteiger partial charge on any atom is 0.422 e. The highest BCUT2D eigenvalue weighted by molar-refractivity contribution is 8.26. The maximum absolute atomic E-state index is 13.7. The predicted molar refractivity (Wildman–Crippen MR) is 158 cm³/mol. The number of hydroxylamine groups is 2. The molecule has 1 rings (SSSR count). The molecule has 234 valence electrons. The molecule has 1 heterocycles. The van der Waals surface area contributed by atoms with Crippen LogP contribution in [0.2, 0.25) is 0 Å². The summed E-state index contributed by atoms with van der Waals surface area (Å²) >= 11 is 1.17. The number of carbonyl (C=O) groups excluding carboxylic acids is 6. The number of hydrazine groups is 1. The third-order valence-electron chi connectivity index (χ3n) is 6.05. The standard InChI is InChI=1S/C25H43N4O9PS2/c1-8-24(6,20(34)26-13-16(2)30)15-25(7,21(35)41(39)28-27-22(36)38-23(3,4)5)40-12-11-17(31)14-37-29-18(32)9-10-19(29)33/h16,28,30,39H,8-15H2,1-7H3,(H,26,34)(H,27,36). The molecule has 0 aliphatic carbocycles. The molecule has 4 amide bonds. The van der Waals surface area contributed by atoms with E-state index in [1.807, 2.05) is 6.92 Å². The number of carbonyl (C=O) groups is 6. The van der Waals surface area contributed by atoms with Crippen LogP contribution in [0.25, 0.3) is 0 Å². The Hall–Kier alpha value is -1.90. The molecule has 41 heavy (non-hydrogen) atoms. The van der Waals surface area contributed by atoms with Gasteiger partial charge in [0.05, 0.1) is 10.9 Å². The summed E-state index contributed by atoms with van der Waals surface area (Å²) in [5.41, 5.74) is 0.574. The van der Waals surface area contributed by atoms with Crippen molar-refractivity contribution in [3.05, 3.63) is 0 Å². The summed E-state index contributed by atoms with van der Waals surface area (Å²) in [4.78, 5) is 82.4. The van der Waals surface area contributed by atoms with Crippen molar-refractivity contribution in [3.8, 4) is 0 Å². The minimum atomic E-state index is -1.40. The van der Waals surface area contributed by atoms with E-state index in [1.54, 1.807) is 41.5 Å². The number of ether oxygens (including phenoxy) is 1. The van der Waals surface area contributed by atoms with E-state index in [0.717, 1.165) is 0 Å². The molecule has 0 aromatic carbocycles. The Morgan fingerprint density at radius 2 is 1.71 bits per heavy atom. The van der Waals surface area contributed by atoms with Crippen LogP contribution in [0.15, 0.2) is 0 Å². The maximum atomic E-state index is 13.7. The van der Waals surface area contributed by atoms with Crippen LogP contribution in [0.5, 0.6) is 0 Å². The lowest BCUT2D eigenvalue weighted by Crippen LogP contribution is -2.50. The second-order valence-corrected chi connectivity index (χ2v) is 15.2. The summed E-state index contributed by atoms with van der Waals surface area (Å²) in [5.74, 6) is -1.54. The number of rotatable bonds is 16. The molecule has 0 aromatic rings. The fourth-order valence-electron chi connectivity index (χ4n) is 3.70. The summed E-state index contributed by atoms with van der Waals surface area (Å²) in [6, 6.07) is 0. The number of nitrogens with one attached hydrogen (secondary N) is 3. The Kier molecular flexibility index (Phi) is 14.6. The number of imide groups is 1. The Morgan fingerprint density at radius 1 is 1.12 bits per heavy atom. The first-order valence-electron chi connectivity index (χ1n) is 13.2. The molecule has 1 aliphatic rings. The number of Topliss-reactive ketones (excluding diaryl/α,β-unsaturated/α-hetero) is 1. The number of thioether (sulfide) groups is 1. The number of ketones is 1. The van der Waals surface area contributed by atoms with Crippen molar-refractivity contribution >= 4 is 64.7 Å². The molecule has 16 heteroatoms. The molecule has 1 fully saturated rings. The van der Waals surface area contributed by atoms with Gasteiger partial charge in [-0.1, -0.05) is 21.9 Å². The normalized spacial score (nSPS) is 18.2. The van der Waals surface area contributed by atoms with Crippen LogP contribution in [0.4, 0.5) is 4.79 Å². The first-order chi connectivity index (χ1) is 18.8. The van der Waals surface area contributed by atoms with Gasteiger partial charge in [0.15, 0.2) is 5.78 Å². The van der Waals surface area contributed by atoms with E-state index in [2.05, 4.69) is 23.6 Å². The van der Waals surface area contributed by atoms with Crippen molar-refractivity contribution in [1.82, 2.24) is 20.6 Å². The van der Waals surface area contributed by atoms with Gasteiger partial charge in [-0.05, 0) is 57.7 Å². The van der Waals surface area contributed by atoms with Crippen LogP contribution in [0.3, 0.4) is 0 Å². The van der Waals surface area contributed by atoms with Gasteiger partial charge in [0.1, 0.15) is 12.2 Å². The second-order valence-electron chi connectivity index (χ2n) is 11.2. The zero-order chi connectivity index (χ0) is 31.6. The number of nitrogens with zero attached hydrogens (tertiary/aromatic N) is 1. The fourth-order valence-corrected chi connectivity index (χ4v) is 7.28. The molecule has 4 N–H and O–H groups in total. The van der Waals surface area contributed by atoms with Gasteiger partial charge in [0, 0.05) is 37.0 Å². The molecule has 0 bridgehead atoms. The van der Waals surface area contributed by atoms with Gasteiger partial charge in [0.2, 0.25) is 11.0 Å². The average molecular weight is 639 g/mol. The highest BCUT2D eigenvalue weighted by Crippen LogP contribution is 2.41. The van der Waals surface area contributed by atoms with E-state index in [1.165, 1.54) is 11.8 Å². The lowest BCUT2D eigenvalue weighted by Gasteiger charge is -2.37. The van der Waals surface area contributed by atoms with E-state index in [0.29, 0.717) is 11.5 Å². The summed E-state index contributed by atoms with van der Waals surface area (Å²) in [7, 11) is 1.95. The van der Waals surface area contributed by atoms with Crippen LogP contribution in [-0.2, 0) is 43.8 Å². The van der Waals surface area contributed by atoms with Crippen LogP contribution in [0, 0.1) is 5.41 Å². The quantitative estimate of drug-likeness (QED) is 0.110. The second kappa shape index (κ2) is 16.1. The van der Waals surface area contributed by atoms with E-state index >= 15 is 0 Å². The summed E-state index contributed by atoms with van der Waals surface area (Å²) in [6.07, 6.45) is -1.03. The third-order valence-corrected chi connectivity index (χ3v) is 9.54. The Balaban J connectivity index is 2.99. The van der Waals surface area contributed by atoms with Gasteiger partial charge >= 0.3 is 6.09 Å². The lowest BCUT2D eigenvalue weighted by molar-refractivity contribution is -0.188. The third kappa shape index (κ3) is 12.5. The average Bonchev–Trinajstić information content (AvgIpc) is 3.19. The van der Waals surface area contributed by atoms with Crippen molar-refractivity contribution in [2.45, 2.75) is 97.0 Å². The highest BCUT2D eigenvalue weighted by Gasteiger charge is 2.45. The Bertz CT molecular complexity index is 1020. The molecule has 13 nitrogen and oxygen atoms in total. The predicted octanol–water partition coefficient (Wildman–Crippen LogP) is 1.97. The number of aliphatic hydroxyl groups is 1. The first kappa shape index (κ1) is 37.1. The highest BCUT2D eigenvalue weighted by atomic mass is 32.5. The summed E-state index contributed by atoms with van der Waals surface area (Å²) in [6.45, 7) is 11.4. The van der Waals surface area contributed by atoms with E-state index in [9.17, 15) is 33.9 Å². The van der Waals surface area contributed by atoms with E-state index in [-0.39, 0.29) is 54.8 Å². The number of amides is 4. The molecule has 0 saturated carbocycles. The molecule has 4 unspecified atom stereocenters. The van der Waals surface area contributed by atoms with Gasteiger partial charge in [0.25, 0.3) is 11.8 Å². The zero-order valence-corrected chi connectivity index (χ0v) is 27.3. The van der Waals surface area contributed by atoms with Gasteiger partial charge in [-0.3, -0.25) is 28.8 Å². The smallest absolute Gasteiger partial charge is 0.422 e. The van der Waals surface area contributed by atoms with Gasteiger partial charge in [-0.15, -0.1) is 11.8 Å². The molecule has 0 aromatic heterocycles. The molecule has 1 aliphatic heterocycles. The largest absolute Gasteiger partial charge is 0.443 e.